The first kappa shape index (κ1) is 14.1. The fourth-order valence-corrected chi connectivity index (χ4v) is 4.92. The summed E-state index contributed by atoms with van der Waals surface area (Å²) in [5.74, 6) is -0.927. The molecule has 2 nitrogen and oxygen atoms in total. The molecule has 0 fully saturated rings. The molecule has 2 aliphatic rings. The Hall–Kier alpha value is -4.04. The number of allylic oxidation sites excluding steroid dienone is 1. The number of carbonyl (C=O) groups is 2. The summed E-state index contributed by atoms with van der Waals surface area (Å²) in [4.78, 5) is 28.6. The van der Waals surface area contributed by atoms with Gasteiger partial charge in [0.25, 0.3) is 0 Å². The number of Topliss-reactive ketones (excluding diaryl/α,β-unsaturated/α-hetero) is 2. The molecule has 0 N–H and O–H groups in total. The smallest absolute Gasteiger partial charge is 0.186 e. The quantitative estimate of drug-likeness (QED) is 0.387. The van der Waals surface area contributed by atoms with Crippen LogP contribution in [0.15, 0.2) is 109 Å². The fraction of sp³-hybridized carbons (Fsp3) is 0.0345. The first-order valence-corrected chi connectivity index (χ1v) is 10.1. The van der Waals surface area contributed by atoms with E-state index < -0.39 is 29.1 Å². The molecule has 0 radical (unpaired) electrons. The predicted molar refractivity (Wildman–Crippen MR) is 122 cm³/mol. The van der Waals surface area contributed by atoms with Crippen LogP contribution >= 0.6 is 0 Å². The number of ketones is 2. The summed E-state index contributed by atoms with van der Waals surface area (Å²) in [6, 6.07) is 23.4. The maximum absolute atomic E-state index is 14.3. The monoisotopic (exact) mass is 402 g/mol. The van der Waals surface area contributed by atoms with Gasteiger partial charge in [0, 0.05) is 11.1 Å². The highest BCUT2D eigenvalue weighted by Crippen LogP contribution is 2.58. The molecule has 0 saturated carbocycles. The molecule has 0 aromatic heterocycles. The molecule has 6 rings (SSSR count). The highest BCUT2D eigenvalue weighted by atomic mass is 16.2. The molecule has 0 heterocycles. The number of hydrogen-bond acceptors (Lipinski definition) is 2. The van der Waals surface area contributed by atoms with Crippen molar-refractivity contribution in [1.29, 1.82) is 0 Å². The van der Waals surface area contributed by atoms with Crippen LogP contribution < -0.4 is 0 Å². The molecule has 0 atom stereocenters. The molecule has 0 aliphatic heterocycles. The molecule has 0 bridgehead atoms. The minimum Gasteiger partial charge on any atom is -0.292 e. The summed E-state index contributed by atoms with van der Waals surface area (Å²) in [5.41, 5.74) is 1.04. The van der Waals surface area contributed by atoms with E-state index in [0.29, 0.717) is 22.3 Å². The Morgan fingerprint density at radius 2 is 1.10 bits per heavy atom. The molecule has 0 unspecified atom stereocenters. The van der Waals surface area contributed by atoms with Crippen LogP contribution in [0.1, 0.15) is 48.5 Å². The molecular formula is C29H18O2. The Labute approximate surface area is 186 Å². The van der Waals surface area contributed by atoms with Gasteiger partial charge in [0.05, 0.1) is 5.48 Å². The van der Waals surface area contributed by atoms with Crippen LogP contribution in [-0.4, -0.2) is 11.6 Å². The third-order valence-electron chi connectivity index (χ3n) is 6.16. The minimum atomic E-state index is -1.90. The zero-order chi connectivity index (χ0) is 24.5. The van der Waals surface area contributed by atoms with Gasteiger partial charge in [-0.05, 0) is 33.4 Å². The summed E-state index contributed by atoms with van der Waals surface area (Å²) < 4.78 is 34.5. The first-order chi connectivity index (χ1) is 16.9. The molecule has 31 heavy (non-hydrogen) atoms. The number of fused-ring (bicyclic) bond motifs is 3. The van der Waals surface area contributed by atoms with Crippen molar-refractivity contribution in [3.05, 3.63) is 142 Å². The average molecular weight is 402 g/mol. The number of rotatable bonds is 2. The van der Waals surface area contributed by atoms with Gasteiger partial charge in [-0.1, -0.05) is 109 Å². The van der Waals surface area contributed by atoms with Gasteiger partial charge in [0.15, 0.2) is 11.6 Å². The van der Waals surface area contributed by atoms with Crippen molar-refractivity contribution in [2.45, 2.75) is 5.41 Å². The topological polar surface area (TPSA) is 34.1 Å². The van der Waals surface area contributed by atoms with Gasteiger partial charge in [-0.15, -0.1) is 0 Å². The molecule has 0 saturated heterocycles. The Morgan fingerprint density at radius 3 is 1.71 bits per heavy atom. The molecule has 2 heteroatoms. The molecule has 1 spiro atoms. The van der Waals surface area contributed by atoms with Gasteiger partial charge in [-0.2, -0.15) is 0 Å². The summed E-state index contributed by atoms with van der Waals surface area (Å²) in [6.07, 6.45) is 0. The van der Waals surface area contributed by atoms with Crippen LogP contribution in [0.2, 0.25) is 0 Å². The molecular weight excluding hydrogens is 380 g/mol. The van der Waals surface area contributed by atoms with Crippen LogP contribution in [-0.2, 0) is 5.41 Å². The first-order valence-electron chi connectivity index (χ1n) is 12.1. The highest BCUT2D eigenvalue weighted by Gasteiger charge is 2.61. The third kappa shape index (κ3) is 2.22. The zero-order valence-corrected chi connectivity index (χ0v) is 16.4. The Bertz CT molecular complexity index is 1570. The minimum absolute atomic E-state index is 0.0346. The van der Waals surface area contributed by atoms with E-state index >= 15 is 0 Å². The Balaban J connectivity index is 1.88. The standard InChI is InChI=1S/C29H18O2/c30-27-21-15-7-8-16-22(21)28(31)29(27)24-18-10-9-17-23(24)25(19-11-3-1-4-12-19)26(29)20-13-5-2-6-14-20/h1-18H/i9D,10D,17D,18D. The predicted octanol–water partition coefficient (Wildman–Crippen LogP) is 5.98. The Morgan fingerprint density at radius 1 is 0.581 bits per heavy atom. The van der Waals surface area contributed by atoms with Gasteiger partial charge in [-0.25, -0.2) is 0 Å². The third-order valence-corrected chi connectivity index (χ3v) is 6.16. The van der Waals surface area contributed by atoms with Gasteiger partial charge in [0.2, 0.25) is 0 Å². The van der Waals surface area contributed by atoms with E-state index in [4.69, 9.17) is 5.48 Å². The van der Waals surface area contributed by atoms with Crippen LogP contribution in [0.5, 0.6) is 0 Å². The second-order valence-electron chi connectivity index (χ2n) is 7.69. The van der Waals surface area contributed by atoms with Gasteiger partial charge >= 0.3 is 0 Å². The van der Waals surface area contributed by atoms with E-state index in [1.54, 1.807) is 24.3 Å². The summed E-state index contributed by atoms with van der Waals surface area (Å²) in [5, 5.41) is 0. The second-order valence-corrected chi connectivity index (χ2v) is 7.69. The molecule has 4 aromatic carbocycles. The fourth-order valence-electron chi connectivity index (χ4n) is 4.92. The lowest BCUT2D eigenvalue weighted by Gasteiger charge is -2.26. The van der Waals surface area contributed by atoms with E-state index in [2.05, 4.69) is 0 Å². The van der Waals surface area contributed by atoms with Gasteiger partial charge in [-0.3, -0.25) is 9.59 Å². The van der Waals surface area contributed by atoms with E-state index in [1.807, 2.05) is 60.7 Å². The molecule has 4 aromatic rings. The average Bonchev–Trinajstić information content (AvgIpc) is 3.34. The zero-order valence-electron chi connectivity index (χ0n) is 20.4. The van der Waals surface area contributed by atoms with Crippen molar-refractivity contribution in [3.63, 3.8) is 0 Å². The van der Waals surface area contributed by atoms with Crippen molar-refractivity contribution in [3.8, 4) is 0 Å². The van der Waals surface area contributed by atoms with Crippen molar-refractivity contribution in [2.75, 3.05) is 0 Å². The lowest BCUT2D eigenvalue weighted by Crippen LogP contribution is -2.38. The van der Waals surface area contributed by atoms with Crippen LogP contribution in [0.25, 0.3) is 11.1 Å². The largest absolute Gasteiger partial charge is 0.292 e. The number of carbonyl (C=O) groups excluding carboxylic acids is 2. The van der Waals surface area contributed by atoms with Crippen LogP contribution in [0.3, 0.4) is 0 Å². The maximum atomic E-state index is 14.3. The summed E-state index contributed by atoms with van der Waals surface area (Å²) >= 11 is 0. The lowest BCUT2D eigenvalue weighted by atomic mass is 9.70. The highest BCUT2D eigenvalue weighted by molar-refractivity contribution is 6.43. The lowest BCUT2D eigenvalue weighted by molar-refractivity contribution is 0.0845. The number of hydrogen-bond donors (Lipinski definition) is 0. The van der Waals surface area contributed by atoms with E-state index in [1.165, 1.54) is 0 Å². The molecule has 146 valence electrons. The number of benzene rings is 4. The Kier molecular flexibility index (Phi) is 2.94. The van der Waals surface area contributed by atoms with E-state index in [-0.39, 0.29) is 34.3 Å². The second kappa shape index (κ2) is 6.48. The van der Waals surface area contributed by atoms with Crippen LogP contribution in [0, 0.1) is 0 Å². The van der Waals surface area contributed by atoms with E-state index in [0.717, 1.165) is 0 Å². The summed E-state index contributed by atoms with van der Waals surface area (Å²) in [6.45, 7) is 0. The summed E-state index contributed by atoms with van der Waals surface area (Å²) in [7, 11) is 0. The van der Waals surface area contributed by atoms with Crippen molar-refractivity contribution in [2.24, 2.45) is 0 Å². The van der Waals surface area contributed by atoms with Gasteiger partial charge in [0.1, 0.15) is 5.41 Å². The van der Waals surface area contributed by atoms with Crippen molar-refractivity contribution >= 4 is 22.7 Å². The molecule has 0 amide bonds. The maximum Gasteiger partial charge on any atom is 0.186 e. The van der Waals surface area contributed by atoms with Crippen molar-refractivity contribution in [1.82, 2.24) is 0 Å². The van der Waals surface area contributed by atoms with Crippen molar-refractivity contribution < 1.29 is 15.1 Å². The molecule has 2 aliphatic carbocycles. The van der Waals surface area contributed by atoms with Gasteiger partial charge < -0.3 is 0 Å². The van der Waals surface area contributed by atoms with E-state index in [9.17, 15) is 9.59 Å². The normalized spacial score (nSPS) is 17.8. The van der Waals surface area contributed by atoms with Crippen LogP contribution in [0.4, 0.5) is 0 Å². The SMILES string of the molecule is [2H]c1c([2H])c([2H])c2c(c1[2H])C(c1ccccc1)=C(c1ccccc1)C21C(=O)c2ccccc2C1=O.